The standard InChI is InChI=1S/C34H54O3/c1-5-6-7-8-9-19-34(20-21-34)32(37)17-12-24(2)29-15-16-30-26(11-10-18-33(29,30)4)13-14-27-22-28(35)23-31(36)25(27)3/h12-14,17,24,28-32,35-37H,3,5-11,15-16,18-23H2,1-2,4H3/t24-,28-,29-,30+,31+,32+,33-/m1/s1. The smallest absolute Gasteiger partial charge is 0.0811 e. The Morgan fingerprint density at radius 3 is 2.51 bits per heavy atom. The topological polar surface area (TPSA) is 60.7 Å². The maximum absolute atomic E-state index is 11.1. The third-order valence-electron chi connectivity index (χ3n) is 10.8. The van der Waals surface area contributed by atoms with Gasteiger partial charge in [-0.1, -0.05) is 89.3 Å². The molecule has 208 valence electrons. The van der Waals surface area contributed by atoms with Gasteiger partial charge in [0.2, 0.25) is 0 Å². The summed E-state index contributed by atoms with van der Waals surface area (Å²) in [7, 11) is 0. The molecule has 37 heavy (non-hydrogen) atoms. The predicted molar refractivity (Wildman–Crippen MR) is 154 cm³/mol. The second-order valence-corrected chi connectivity index (χ2v) is 13.4. The van der Waals surface area contributed by atoms with Crippen LogP contribution in [0.25, 0.3) is 0 Å². The van der Waals surface area contributed by atoms with Gasteiger partial charge in [-0.25, -0.2) is 0 Å². The molecule has 0 spiro atoms. The summed E-state index contributed by atoms with van der Waals surface area (Å²) in [6.07, 6.45) is 24.8. The van der Waals surface area contributed by atoms with Gasteiger partial charge >= 0.3 is 0 Å². The first kappa shape index (κ1) is 28.8. The monoisotopic (exact) mass is 510 g/mol. The quantitative estimate of drug-likeness (QED) is 0.196. The molecule has 0 unspecified atom stereocenters. The van der Waals surface area contributed by atoms with Crippen LogP contribution in [0.2, 0.25) is 0 Å². The van der Waals surface area contributed by atoms with E-state index in [1.54, 1.807) is 5.57 Å². The highest BCUT2D eigenvalue weighted by atomic mass is 16.3. The van der Waals surface area contributed by atoms with E-state index in [1.807, 2.05) is 0 Å². The Labute approximate surface area is 226 Å². The lowest BCUT2D eigenvalue weighted by Crippen LogP contribution is -2.35. The highest BCUT2D eigenvalue weighted by molar-refractivity contribution is 5.38. The molecule has 4 saturated carbocycles. The minimum atomic E-state index is -0.625. The van der Waals surface area contributed by atoms with Crippen LogP contribution in [0, 0.1) is 28.6 Å². The van der Waals surface area contributed by atoms with Crippen LogP contribution in [0.3, 0.4) is 0 Å². The van der Waals surface area contributed by atoms with E-state index < -0.39 is 12.2 Å². The Balaban J connectivity index is 1.37. The SMILES string of the molecule is C=C1C(=CC=C2CCC[C@]3(C)[C@@H]([C@H](C)C=C[C@H](O)C4(CCCCCCC)CC4)CC[C@@H]23)C[C@@H](O)C[C@@H]1O. The average molecular weight is 511 g/mol. The van der Waals surface area contributed by atoms with Gasteiger partial charge in [-0.2, -0.15) is 0 Å². The molecule has 3 heteroatoms. The number of allylic oxidation sites excluding steroid dienone is 4. The van der Waals surface area contributed by atoms with E-state index in [-0.39, 0.29) is 11.5 Å². The van der Waals surface area contributed by atoms with Crippen LogP contribution in [-0.2, 0) is 0 Å². The van der Waals surface area contributed by atoms with Crippen molar-refractivity contribution in [2.24, 2.45) is 28.6 Å². The predicted octanol–water partition coefficient (Wildman–Crippen LogP) is 7.82. The molecule has 3 nitrogen and oxygen atoms in total. The molecule has 0 saturated heterocycles. The molecule has 0 radical (unpaired) electrons. The van der Waals surface area contributed by atoms with E-state index >= 15 is 0 Å². The van der Waals surface area contributed by atoms with E-state index in [1.165, 1.54) is 77.0 Å². The Kier molecular flexibility index (Phi) is 9.62. The van der Waals surface area contributed by atoms with Gasteiger partial charge in [-0.05, 0) is 97.5 Å². The van der Waals surface area contributed by atoms with Crippen molar-refractivity contribution >= 4 is 0 Å². The van der Waals surface area contributed by atoms with Gasteiger partial charge in [0.05, 0.1) is 18.3 Å². The van der Waals surface area contributed by atoms with Crippen molar-refractivity contribution in [1.82, 2.24) is 0 Å². The number of hydrogen-bond donors (Lipinski definition) is 3. The van der Waals surface area contributed by atoms with E-state index in [0.29, 0.717) is 36.0 Å². The maximum atomic E-state index is 11.1. The second-order valence-electron chi connectivity index (χ2n) is 13.4. The van der Waals surface area contributed by atoms with E-state index in [2.05, 4.69) is 51.7 Å². The second kappa shape index (κ2) is 12.3. The number of aliphatic hydroxyl groups excluding tert-OH is 3. The molecular weight excluding hydrogens is 456 g/mol. The average Bonchev–Trinajstić information content (AvgIpc) is 3.57. The zero-order valence-electron chi connectivity index (χ0n) is 23.9. The Morgan fingerprint density at radius 2 is 1.78 bits per heavy atom. The van der Waals surface area contributed by atoms with E-state index in [9.17, 15) is 15.3 Å². The van der Waals surface area contributed by atoms with Gasteiger partial charge in [0.25, 0.3) is 0 Å². The van der Waals surface area contributed by atoms with Crippen molar-refractivity contribution in [2.45, 2.75) is 135 Å². The summed E-state index contributed by atoms with van der Waals surface area (Å²) >= 11 is 0. The Hall–Kier alpha value is -1.16. The largest absolute Gasteiger partial charge is 0.393 e. The zero-order chi connectivity index (χ0) is 26.6. The first-order chi connectivity index (χ1) is 17.7. The van der Waals surface area contributed by atoms with Gasteiger partial charge in [0.1, 0.15) is 0 Å². The fourth-order valence-corrected chi connectivity index (χ4v) is 8.16. The maximum Gasteiger partial charge on any atom is 0.0811 e. The van der Waals surface area contributed by atoms with Crippen LogP contribution in [-0.4, -0.2) is 33.6 Å². The molecule has 4 aliphatic carbocycles. The molecule has 0 amide bonds. The first-order valence-electron chi connectivity index (χ1n) is 15.5. The van der Waals surface area contributed by atoms with Crippen LogP contribution in [0.1, 0.15) is 117 Å². The fraction of sp³-hybridized carbons (Fsp3) is 0.765. The zero-order valence-corrected chi connectivity index (χ0v) is 23.9. The summed E-state index contributed by atoms with van der Waals surface area (Å²) in [4.78, 5) is 0. The summed E-state index contributed by atoms with van der Waals surface area (Å²) < 4.78 is 0. The van der Waals surface area contributed by atoms with Crippen LogP contribution in [0.5, 0.6) is 0 Å². The highest BCUT2D eigenvalue weighted by Gasteiger charge is 2.51. The van der Waals surface area contributed by atoms with Crippen LogP contribution >= 0.6 is 0 Å². The molecule has 7 atom stereocenters. The van der Waals surface area contributed by atoms with Gasteiger partial charge in [-0.3, -0.25) is 0 Å². The van der Waals surface area contributed by atoms with Crippen LogP contribution in [0.4, 0.5) is 0 Å². The Morgan fingerprint density at radius 1 is 1.03 bits per heavy atom. The molecular formula is C34H54O3. The molecule has 0 bridgehead atoms. The van der Waals surface area contributed by atoms with E-state index in [0.717, 1.165) is 17.6 Å². The van der Waals surface area contributed by atoms with Crippen LogP contribution < -0.4 is 0 Å². The number of fused-ring (bicyclic) bond motifs is 1. The summed E-state index contributed by atoms with van der Waals surface area (Å²) in [6, 6.07) is 0. The molecule has 4 fully saturated rings. The molecule has 4 aliphatic rings. The van der Waals surface area contributed by atoms with Crippen molar-refractivity contribution in [3.8, 4) is 0 Å². The minimum Gasteiger partial charge on any atom is -0.393 e. The summed E-state index contributed by atoms with van der Waals surface area (Å²) in [6.45, 7) is 11.2. The Bertz CT molecular complexity index is 877. The van der Waals surface area contributed by atoms with Crippen molar-refractivity contribution in [3.05, 3.63) is 47.6 Å². The number of hydrogen-bond acceptors (Lipinski definition) is 3. The van der Waals surface area contributed by atoms with E-state index in [4.69, 9.17) is 0 Å². The summed E-state index contributed by atoms with van der Waals surface area (Å²) in [5.41, 5.74) is 3.80. The van der Waals surface area contributed by atoms with Crippen molar-refractivity contribution in [3.63, 3.8) is 0 Å². The first-order valence-corrected chi connectivity index (χ1v) is 15.5. The lowest BCUT2D eigenvalue weighted by atomic mass is 9.61. The van der Waals surface area contributed by atoms with Gasteiger partial charge < -0.3 is 15.3 Å². The normalized spacial score (nSPS) is 37.3. The van der Waals surface area contributed by atoms with Gasteiger partial charge in [0, 0.05) is 6.42 Å². The molecule has 3 N–H and O–H groups in total. The molecule has 0 aliphatic heterocycles. The highest BCUT2D eigenvalue weighted by Crippen LogP contribution is 2.60. The minimum absolute atomic E-state index is 0.170. The molecule has 0 aromatic rings. The lowest BCUT2D eigenvalue weighted by Gasteiger charge is -2.44. The number of aliphatic hydroxyl groups is 3. The third kappa shape index (κ3) is 6.53. The summed E-state index contributed by atoms with van der Waals surface area (Å²) in [5, 5.41) is 31.4. The van der Waals surface area contributed by atoms with Gasteiger partial charge in [0.15, 0.2) is 0 Å². The van der Waals surface area contributed by atoms with Crippen LogP contribution in [0.15, 0.2) is 47.6 Å². The van der Waals surface area contributed by atoms with Crippen molar-refractivity contribution in [2.75, 3.05) is 0 Å². The molecule has 0 aromatic heterocycles. The number of rotatable bonds is 11. The van der Waals surface area contributed by atoms with Crippen molar-refractivity contribution < 1.29 is 15.3 Å². The summed E-state index contributed by atoms with van der Waals surface area (Å²) in [5.74, 6) is 1.73. The molecule has 0 aromatic carbocycles. The molecule has 0 heterocycles. The fourth-order valence-electron chi connectivity index (χ4n) is 8.16. The lowest BCUT2D eigenvalue weighted by molar-refractivity contribution is 0.0862. The number of unbranched alkanes of at least 4 members (excludes halogenated alkanes) is 4. The molecule has 4 rings (SSSR count). The van der Waals surface area contributed by atoms with Crippen molar-refractivity contribution in [1.29, 1.82) is 0 Å². The van der Waals surface area contributed by atoms with Gasteiger partial charge in [-0.15, -0.1) is 0 Å². The third-order valence-corrected chi connectivity index (χ3v) is 10.8.